The lowest BCUT2D eigenvalue weighted by atomic mass is 10.2. The zero-order valence-electron chi connectivity index (χ0n) is 15.1. The highest BCUT2D eigenvalue weighted by molar-refractivity contribution is 7.90. The number of nitrogens with zero attached hydrogens (tertiary/aromatic N) is 6. The minimum absolute atomic E-state index is 0.187. The number of aromatic nitrogens is 6. The molecule has 8 nitrogen and oxygen atoms in total. The van der Waals surface area contributed by atoms with Crippen molar-refractivity contribution in [1.29, 1.82) is 0 Å². The topological polar surface area (TPSA) is 95.6 Å². The summed E-state index contributed by atoms with van der Waals surface area (Å²) >= 11 is 6.14. The van der Waals surface area contributed by atoms with Crippen molar-refractivity contribution in [1.82, 2.24) is 28.5 Å². The van der Waals surface area contributed by atoms with E-state index in [1.54, 1.807) is 47.2 Å². The average Bonchev–Trinajstić information content (AvgIpc) is 3.33. The summed E-state index contributed by atoms with van der Waals surface area (Å²) in [5, 5.41) is 1.57. The van der Waals surface area contributed by atoms with Crippen LogP contribution in [0.2, 0.25) is 5.15 Å². The molecule has 0 aliphatic carbocycles. The van der Waals surface area contributed by atoms with E-state index >= 15 is 0 Å². The van der Waals surface area contributed by atoms with Gasteiger partial charge >= 0.3 is 0 Å². The molecule has 0 bridgehead atoms. The summed E-state index contributed by atoms with van der Waals surface area (Å²) in [5.41, 5.74) is 1.82. The predicted octanol–water partition coefficient (Wildman–Crippen LogP) is 3.36. The van der Waals surface area contributed by atoms with E-state index < -0.39 is 10.0 Å². The quantitative estimate of drug-likeness (QED) is 0.412. The van der Waals surface area contributed by atoms with E-state index in [1.165, 1.54) is 18.9 Å². The molecule has 4 aromatic heterocycles. The van der Waals surface area contributed by atoms with Gasteiger partial charge in [0.25, 0.3) is 10.0 Å². The molecule has 0 fully saturated rings. The first-order valence-electron chi connectivity index (χ1n) is 8.59. The van der Waals surface area contributed by atoms with E-state index in [0.717, 1.165) is 9.54 Å². The van der Waals surface area contributed by atoms with Crippen molar-refractivity contribution in [3.63, 3.8) is 0 Å². The Hall–Kier alpha value is -3.30. The Morgan fingerprint density at radius 3 is 2.31 bits per heavy atom. The van der Waals surface area contributed by atoms with Crippen molar-refractivity contribution in [2.24, 2.45) is 0 Å². The fourth-order valence-electron chi connectivity index (χ4n) is 3.22. The number of hydrogen-bond donors (Lipinski definition) is 0. The molecule has 0 radical (unpaired) electrons. The summed E-state index contributed by atoms with van der Waals surface area (Å²) in [6.07, 6.45) is 5.94. The number of hydrogen-bond acceptors (Lipinski definition) is 6. The van der Waals surface area contributed by atoms with Crippen molar-refractivity contribution in [3.8, 4) is 5.82 Å². The summed E-state index contributed by atoms with van der Waals surface area (Å²) in [6, 6.07) is 10.1. The van der Waals surface area contributed by atoms with Crippen molar-refractivity contribution in [2.45, 2.75) is 11.8 Å². The Bertz CT molecular complexity index is 1490. The van der Waals surface area contributed by atoms with Gasteiger partial charge in [0.1, 0.15) is 17.8 Å². The van der Waals surface area contributed by atoms with E-state index in [2.05, 4.69) is 19.9 Å². The van der Waals surface area contributed by atoms with Gasteiger partial charge < -0.3 is 0 Å². The second-order valence-corrected chi connectivity index (χ2v) is 8.62. The number of benzene rings is 1. The highest BCUT2D eigenvalue weighted by atomic mass is 35.5. The van der Waals surface area contributed by atoms with Gasteiger partial charge in [0.2, 0.25) is 0 Å². The zero-order valence-corrected chi connectivity index (χ0v) is 16.6. The molecule has 144 valence electrons. The van der Waals surface area contributed by atoms with E-state index in [4.69, 9.17) is 11.6 Å². The summed E-state index contributed by atoms with van der Waals surface area (Å²) in [5.74, 6) is 0.498. The molecule has 0 aliphatic rings. The van der Waals surface area contributed by atoms with Gasteiger partial charge in [-0.2, -0.15) is 0 Å². The molecule has 29 heavy (non-hydrogen) atoms. The van der Waals surface area contributed by atoms with Crippen LogP contribution in [0, 0.1) is 6.92 Å². The minimum atomic E-state index is -3.80. The van der Waals surface area contributed by atoms with E-state index in [1.807, 2.05) is 6.92 Å². The molecule has 4 heterocycles. The summed E-state index contributed by atoms with van der Waals surface area (Å²) in [7, 11) is -3.80. The van der Waals surface area contributed by atoms with Gasteiger partial charge in [-0.1, -0.05) is 29.3 Å². The van der Waals surface area contributed by atoms with Gasteiger partial charge in [0.05, 0.1) is 15.7 Å². The van der Waals surface area contributed by atoms with Crippen molar-refractivity contribution in [3.05, 3.63) is 72.2 Å². The second kappa shape index (κ2) is 6.36. The Labute approximate surface area is 170 Å². The number of fused-ring (bicyclic) bond motifs is 2. The maximum atomic E-state index is 13.1. The monoisotopic (exact) mass is 424 g/mol. The van der Waals surface area contributed by atoms with Crippen LogP contribution in [0.4, 0.5) is 0 Å². The molecule has 0 atom stereocenters. The molecule has 0 saturated heterocycles. The van der Waals surface area contributed by atoms with E-state index in [0.29, 0.717) is 27.4 Å². The number of rotatable bonds is 3. The van der Waals surface area contributed by atoms with E-state index in [9.17, 15) is 8.42 Å². The van der Waals surface area contributed by atoms with Gasteiger partial charge in [0, 0.05) is 12.4 Å². The van der Waals surface area contributed by atoms with Crippen LogP contribution in [0.25, 0.3) is 27.9 Å². The highest BCUT2D eigenvalue weighted by Gasteiger charge is 2.22. The van der Waals surface area contributed by atoms with Crippen LogP contribution >= 0.6 is 11.6 Å². The van der Waals surface area contributed by atoms with Crippen LogP contribution in [-0.2, 0) is 10.0 Å². The zero-order chi connectivity index (χ0) is 20.2. The third-order valence-electron chi connectivity index (χ3n) is 4.67. The molecule has 5 rings (SSSR count). The summed E-state index contributed by atoms with van der Waals surface area (Å²) in [4.78, 5) is 17.0. The first-order valence-corrected chi connectivity index (χ1v) is 10.4. The van der Waals surface area contributed by atoms with Crippen LogP contribution < -0.4 is 0 Å². The molecular weight excluding hydrogens is 412 g/mol. The van der Waals surface area contributed by atoms with Gasteiger partial charge in [-0.15, -0.1) is 0 Å². The van der Waals surface area contributed by atoms with Gasteiger partial charge in [0.15, 0.2) is 17.1 Å². The second-order valence-electron chi connectivity index (χ2n) is 6.45. The van der Waals surface area contributed by atoms with Crippen molar-refractivity contribution >= 4 is 43.7 Å². The number of halogens is 1. The third-order valence-corrected chi connectivity index (χ3v) is 6.65. The lowest BCUT2D eigenvalue weighted by Crippen LogP contribution is -2.12. The Morgan fingerprint density at radius 1 is 0.828 bits per heavy atom. The average molecular weight is 425 g/mol. The first kappa shape index (κ1) is 17.8. The maximum Gasteiger partial charge on any atom is 0.269 e. The molecule has 0 aliphatic heterocycles. The largest absolute Gasteiger partial charge is 0.285 e. The van der Waals surface area contributed by atoms with Crippen LogP contribution in [0.1, 0.15) is 5.56 Å². The van der Waals surface area contributed by atoms with Crippen molar-refractivity contribution < 1.29 is 8.42 Å². The maximum absolute atomic E-state index is 13.1. The predicted molar refractivity (Wildman–Crippen MR) is 109 cm³/mol. The summed E-state index contributed by atoms with van der Waals surface area (Å²) in [6.45, 7) is 1.90. The molecule has 0 amide bonds. The lowest BCUT2D eigenvalue weighted by Gasteiger charge is -2.09. The smallest absolute Gasteiger partial charge is 0.269 e. The van der Waals surface area contributed by atoms with Crippen molar-refractivity contribution in [2.75, 3.05) is 0 Å². The Balaban J connectivity index is 1.73. The van der Waals surface area contributed by atoms with Gasteiger partial charge in [-0.3, -0.25) is 4.57 Å². The Kier molecular flexibility index (Phi) is 3.90. The molecule has 0 saturated carbocycles. The fraction of sp³-hybridized carbons (Fsp3) is 0.0526. The van der Waals surface area contributed by atoms with Crippen LogP contribution in [-0.4, -0.2) is 36.9 Å². The van der Waals surface area contributed by atoms with Gasteiger partial charge in [-0.25, -0.2) is 32.3 Å². The molecule has 0 N–H and O–H groups in total. The van der Waals surface area contributed by atoms with E-state index in [-0.39, 0.29) is 10.5 Å². The lowest BCUT2D eigenvalue weighted by molar-refractivity contribution is 0.588. The van der Waals surface area contributed by atoms with Gasteiger partial charge in [-0.05, 0) is 31.2 Å². The minimum Gasteiger partial charge on any atom is -0.285 e. The molecule has 0 unspecified atom stereocenters. The molecular formula is C19H13ClN6O2S. The van der Waals surface area contributed by atoms with Crippen LogP contribution in [0.15, 0.2) is 66.3 Å². The summed E-state index contributed by atoms with van der Waals surface area (Å²) < 4.78 is 29.2. The molecule has 1 aromatic carbocycles. The number of aryl methyl sites for hydroxylation is 1. The Morgan fingerprint density at radius 2 is 1.52 bits per heavy atom. The SMILES string of the molecule is Cc1ccc(S(=O)(=O)n2ccc3c(-n4ccc5c(Cl)ncnc54)ncnc32)cc1. The van der Waals surface area contributed by atoms with Crippen LogP contribution in [0.5, 0.6) is 0 Å². The van der Waals surface area contributed by atoms with Crippen LogP contribution in [0.3, 0.4) is 0 Å². The fourth-order valence-corrected chi connectivity index (χ4v) is 4.71. The molecule has 10 heteroatoms. The molecule has 5 aromatic rings. The normalized spacial score (nSPS) is 12.1. The standard InChI is InChI=1S/C19H13ClN6O2S/c1-12-2-4-13(5-3-12)29(27,28)26-9-7-15-18(23-11-24-19(15)26)25-8-6-14-16(20)21-10-22-17(14)25/h2-11H,1H3. The molecule has 0 spiro atoms. The third kappa shape index (κ3) is 2.70. The highest BCUT2D eigenvalue weighted by Crippen LogP contribution is 2.28. The first-order chi connectivity index (χ1) is 14.0.